The zero-order valence-corrected chi connectivity index (χ0v) is 17.8. The first-order chi connectivity index (χ1) is 12.7. The lowest BCUT2D eigenvalue weighted by molar-refractivity contribution is -0.149. The van der Waals surface area contributed by atoms with Gasteiger partial charge in [0.2, 0.25) is 0 Å². The van der Waals surface area contributed by atoms with Crippen LogP contribution in [0.15, 0.2) is 11.6 Å². The van der Waals surface area contributed by atoms with Crippen LogP contribution in [0.5, 0.6) is 0 Å². The molecule has 0 aromatic rings. The predicted molar refractivity (Wildman–Crippen MR) is 106 cm³/mol. The van der Waals surface area contributed by atoms with Gasteiger partial charge in [-0.1, -0.05) is 25.5 Å². The molecule has 0 radical (unpaired) electrons. The molecule has 0 amide bonds. The van der Waals surface area contributed by atoms with E-state index in [0.29, 0.717) is 17.8 Å². The largest absolute Gasteiger partial charge is 0.462 e. The molecule has 150 valence electrons. The maximum Gasteiger partial charge on any atom is 0.302 e. The van der Waals surface area contributed by atoms with Crippen molar-refractivity contribution >= 4 is 23.4 Å². The van der Waals surface area contributed by atoms with Crippen LogP contribution < -0.4 is 0 Å². The Bertz CT molecular complexity index is 685. The maximum absolute atomic E-state index is 12.4. The highest BCUT2D eigenvalue weighted by molar-refractivity contribution is 6.22. The van der Waals surface area contributed by atoms with E-state index in [9.17, 15) is 9.59 Å². The molecule has 0 aromatic heterocycles. The van der Waals surface area contributed by atoms with Crippen molar-refractivity contribution < 1.29 is 14.3 Å². The van der Waals surface area contributed by atoms with E-state index < -0.39 is 0 Å². The summed E-state index contributed by atoms with van der Waals surface area (Å²) in [7, 11) is 0. The molecule has 0 aromatic carbocycles. The van der Waals surface area contributed by atoms with Gasteiger partial charge in [-0.2, -0.15) is 0 Å². The van der Waals surface area contributed by atoms with Gasteiger partial charge in [0.25, 0.3) is 0 Å². The molecule has 4 rings (SSSR count). The molecule has 8 atom stereocenters. The minimum absolute atomic E-state index is 0.00543. The van der Waals surface area contributed by atoms with Gasteiger partial charge in [-0.25, -0.2) is 0 Å². The zero-order chi connectivity index (χ0) is 19.6. The van der Waals surface area contributed by atoms with Gasteiger partial charge < -0.3 is 4.74 Å². The molecule has 3 fully saturated rings. The molecule has 0 saturated heterocycles. The number of alkyl halides is 1. The molecular formula is C23H33ClO3. The average Bonchev–Trinajstić information content (AvgIpc) is 2.85. The van der Waals surface area contributed by atoms with Crippen molar-refractivity contribution in [2.75, 3.05) is 0 Å². The van der Waals surface area contributed by atoms with Gasteiger partial charge in [-0.3, -0.25) is 9.59 Å². The lowest BCUT2D eigenvalue weighted by Gasteiger charge is -2.57. The number of Topliss-reactive ketones (excluding diaryl/α,β-unsaturated/α-hetero) is 1. The fourth-order valence-electron chi connectivity index (χ4n) is 7.65. The van der Waals surface area contributed by atoms with Crippen molar-refractivity contribution in [2.24, 2.45) is 34.5 Å². The zero-order valence-electron chi connectivity index (χ0n) is 17.1. The average molecular weight is 393 g/mol. The molecule has 4 aliphatic carbocycles. The summed E-state index contributed by atoms with van der Waals surface area (Å²) in [5.74, 6) is 1.98. The Balaban J connectivity index is 1.61. The van der Waals surface area contributed by atoms with E-state index in [1.54, 1.807) is 6.92 Å². The van der Waals surface area contributed by atoms with Crippen molar-refractivity contribution in [3.8, 4) is 0 Å². The van der Waals surface area contributed by atoms with E-state index in [0.717, 1.165) is 38.5 Å². The first kappa shape index (κ1) is 19.5. The smallest absolute Gasteiger partial charge is 0.302 e. The van der Waals surface area contributed by atoms with Gasteiger partial charge in [0.15, 0.2) is 0 Å². The summed E-state index contributed by atoms with van der Waals surface area (Å²) in [5.41, 5.74) is 1.79. The summed E-state index contributed by atoms with van der Waals surface area (Å²) in [6.45, 7) is 8.02. The van der Waals surface area contributed by atoms with E-state index in [2.05, 4.69) is 19.9 Å². The molecule has 27 heavy (non-hydrogen) atoms. The lowest BCUT2D eigenvalue weighted by atomic mass is 9.47. The summed E-state index contributed by atoms with van der Waals surface area (Å²) in [5, 5.41) is -0.00543. The van der Waals surface area contributed by atoms with Gasteiger partial charge in [-0.05, 0) is 74.0 Å². The Morgan fingerprint density at radius 1 is 1.15 bits per heavy atom. The van der Waals surface area contributed by atoms with Crippen LogP contribution in [0.1, 0.15) is 72.6 Å². The van der Waals surface area contributed by atoms with E-state index in [-0.39, 0.29) is 40.0 Å². The number of fused-ring (bicyclic) bond motifs is 5. The van der Waals surface area contributed by atoms with Crippen molar-refractivity contribution in [3.05, 3.63) is 11.6 Å². The van der Waals surface area contributed by atoms with Crippen LogP contribution in [0, 0.1) is 34.5 Å². The minimum Gasteiger partial charge on any atom is -0.462 e. The van der Waals surface area contributed by atoms with Crippen molar-refractivity contribution in [1.82, 2.24) is 0 Å². The number of carbonyl (C=O) groups is 2. The molecule has 0 spiro atoms. The van der Waals surface area contributed by atoms with E-state index in [1.165, 1.54) is 18.9 Å². The third-order valence-electron chi connectivity index (χ3n) is 8.82. The number of ether oxygens (including phenoxy) is 1. The SMILES string of the molecule is CC(=O)O[C@H]1CC[C@@]2(C)C(=CC[C@@H]3[C@H]2CC[C@@]2(C)[C@H]3C[C@@H](Cl)[C@@H]2C(C)=O)C1. The van der Waals surface area contributed by atoms with Gasteiger partial charge in [0.1, 0.15) is 11.9 Å². The van der Waals surface area contributed by atoms with Crippen LogP contribution >= 0.6 is 11.6 Å². The summed E-state index contributed by atoms with van der Waals surface area (Å²) >= 11 is 6.72. The first-order valence-electron chi connectivity index (χ1n) is 10.7. The Labute approximate surface area is 168 Å². The van der Waals surface area contributed by atoms with Crippen molar-refractivity contribution in [2.45, 2.75) is 84.1 Å². The van der Waals surface area contributed by atoms with Gasteiger partial charge in [0.05, 0.1) is 0 Å². The number of allylic oxidation sites excluding steroid dienone is 1. The summed E-state index contributed by atoms with van der Waals surface area (Å²) in [6.07, 6.45) is 9.85. The molecule has 4 aliphatic rings. The number of rotatable bonds is 2. The first-order valence-corrected chi connectivity index (χ1v) is 11.1. The number of hydrogen-bond donors (Lipinski definition) is 0. The van der Waals surface area contributed by atoms with Crippen LogP contribution in [0.4, 0.5) is 0 Å². The van der Waals surface area contributed by atoms with Gasteiger partial charge in [-0.15, -0.1) is 11.6 Å². The van der Waals surface area contributed by atoms with Gasteiger partial charge in [0, 0.05) is 24.6 Å². The maximum atomic E-state index is 12.4. The van der Waals surface area contributed by atoms with E-state index in [1.807, 2.05) is 0 Å². The van der Waals surface area contributed by atoms with E-state index in [4.69, 9.17) is 16.3 Å². The Morgan fingerprint density at radius 2 is 1.89 bits per heavy atom. The number of esters is 1. The summed E-state index contributed by atoms with van der Waals surface area (Å²) in [4.78, 5) is 23.7. The molecule has 0 bridgehead atoms. The quantitative estimate of drug-likeness (QED) is 0.363. The number of carbonyl (C=O) groups excluding carboxylic acids is 2. The molecule has 0 heterocycles. The van der Waals surface area contributed by atoms with Gasteiger partial charge >= 0.3 is 5.97 Å². The van der Waals surface area contributed by atoms with Crippen LogP contribution in [0.25, 0.3) is 0 Å². The summed E-state index contributed by atoms with van der Waals surface area (Å²) in [6, 6.07) is 0. The molecule has 0 aliphatic heterocycles. The molecule has 4 heteroatoms. The predicted octanol–water partition coefficient (Wildman–Crippen LogP) is 5.30. The van der Waals surface area contributed by atoms with Crippen molar-refractivity contribution in [1.29, 1.82) is 0 Å². The Kier molecular flexibility index (Phi) is 4.77. The minimum atomic E-state index is -0.166. The molecule has 0 N–H and O–H groups in total. The Hall–Kier alpha value is -0.830. The van der Waals surface area contributed by atoms with Crippen LogP contribution in [0.3, 0.4) is 0 Å². The topological polar surface area (TPSA) is 43.4 Å². The molecule has 3 saturated carbocycles. The highest BCUT2D eigenvalue weighted by Crippen LogP contribution is 2.67. The van der Waals surface area contributed by atoms with Crippen LogP contribution in [0.2, 0.25) is 0 Å². The van der Waals surface area contributed by atoms with Crippen molar-refractivity contribution in [3.63, 3.8) is 0 Å². The number of halogens is 1. The number of ketones is 1. The molecular weight excluding hydrogens is 360 g/mol. The fourth-order valence-corrected chi connectivity index (χ4v) is 8.31. The normalized spacial score (nSPS) is 48.7. The highest BCUT2D eigenvalue weighted by Gasteiger charge is 2.61. The summed E-state index contributed by atoms with van der Waals surface area (Å²) < 4.78 is 5.53. The third kappa shape index (κ3) is 2.91. The third-order valence-corrected chi connectivity index (χ3v) is 9.25. The Morgan fingerprint density at radius 3 is 2.56 bits per heavy atom. The number of hydrogen-bond acceptors (Lipinski definition) is 3. The van der Waals surface area contributed by atoms with E-state index >= 15 is 0 Å². The monoisotopic (exact) mass is 392 g/mol. The highest BCUT2D eigenvalue weighted by atomic mass is 35.5. The fraction of sp³-hybridized carbons (Fsp3) is 0.826. The molecule has 0 unspecified atom stereocenters. The second kappa shape index (κ2) is 6.61. The van der Waals surface area contributed by atoms with Crippen LogP contribution in [-0.4, -0.2) is 23.2 Å². The second-order valence-corrected chi connectivity index (χ2v) is 10.7. The van der Waals surface area contributed by atoms with Crippen LogP contribution in [-0.2, 0) is 14.3 Å². The standard InChI is InChI=1S/C23H33ClO3/c1-13(25)21-20(24)12-19-17-6-5-15-11-16(27-14(2)26)7-9-22(15,3)18(17)8-10-23(19,21)4/h5,16-21H,6-12H2,1-4H3/t16-,17+,18+,19-,20+,21-,22-,23-/m0/s1. The molecule has 3 nitrogen and oxygen atoms in total. The second-order valence-electron chi connectivity index (χ2n) is 10.1. The lowest BCUT2D eigenvalue weighted by Crippen LogP contribution is -2.51.